The summed E-state index contributed by atoms with van der Waals surface area (Å²) in [6, 6.07) is 10.4. The van der Waals surface area contributed by atoms with E-state index in [4.69, 9.17) is 27.9 Å². The molecule has 2 aromatic carbocycles. The molecule has 1 heterocycles. The Morgan fingerprint density at radius 2 is 1.85 bits per heavy atom. The molecule has 1 amide bonds. The van der Waals surface area contributed by atoms with Crippen molar-refractivity contribution in [1.29, 1.82) is 0 Å². The molecule has 1 aromatic heterocycles. The molecule has 3 rings (SSSR count). The Balaban J connectivity index is 2.12. The molecule has 0 atom stereocenters. The van der Waals surface area contributed by atoms with Gasteiger partial charge in [0.15, 0.2) is 4.80 Å². The van der Waals surface area contributed by atoms with Gasteiger partial charge in [0.2, 0.25) is 0 Å². The van der Waals surface area contributed by atoms with E-state index in [1.807, 2.05) is 25.1 Å². The summed E-state index contributed by atoms with van der Waals surface area (Å²) in [5.74, 6) is -0.877. The van der Waals surface area contributed by atoms with Gasteiger partial charge in [0.1, 0.15) is 6.54 Å². The summed E-state index contributed by atoms with van der Waals surface area (Å²) in [5.41, 5.74) is 2.17. The van der Waals surface area contributed by atoms with Gasteiger partial charge in [0.05, 0.1) is 16.8 Å². The van der Waals surface area contributed by atoms with Gasteiger partial charge in [0, 0.05) is 15.6 Å². The maximum absolute atomic E-state index is 12.6. The smallest absolute Gasteiger partial charge is 0.326 e. The van der Waals surface area contributed by atoms with Crippen LogP contribution in [-0.4, -0.2) is 23.1 Å². The number of amides is 1. The predicted octanol–water partition coefficient (Wildman–Crippen LogP) is 4.62. The van der Waals surface area contributed by atoms with Gasteiger partial charge in [-0.25, -0.2) is 0 Å². The summed E-state index contributed by atoms with van der Waals surface area (Å²) in [6.07, 6.45) is 0. The molecule has 5 nitrogen and oxygen atoms in total. The highest BCUT2D eigenvalue weighted by Crippen LogP contribution is 2.21. The SMILES string of the molecule is CCOC(=O)Cn1c(=NC(=O)c2cc(Cl)cc(Cl)c2)sc2cc(C)ccc21. The Morgan fingerprint density at radius 1 is 1.15 bits per heavy atom. The number of benzene rings is 2. The monoisotopic (exact) mass is 422 g/mol. The number of aromatic nitrogens is 1. The molecule has 0 spiro atoms. The van der Waals surface area contributed by atoms with E-state index in [1.165, 1.54) is 23.5 Å². The van der Waals surface area contributed by atoms with Crippen LogP contribution < -0.4 is 4.80 Å². The maximum atomic E-state index is 12.6. The van der Waals surface area contributed by atoms with E-state index in [1.54, 1.807) is 17.6 Å². The molecular formula is C19H16Cl2N2O3S. The Kier molecular flexibility index (Phi) is 5.99. The number of thiazole rings is 1. The lowest BCUT2D eigenvalue weighted by Gasteiger charge is -2.05. The number of esters is 1. The number of rotatable bonds is 4. The predicted molar refractivity (Wildman–Crippen MR) is 108 cm³/mol. The third-order valence-corrected chi connectivity index (χ3v) is 5.22. The molecule has 0 unspecified atom stereocenters. The van der Waals surface area contributed by atoms with Crippen molar-refractivity contribution in [3.05, 3.63) is 62.4 Å². The number of halogens is 2. The lowest BCUT2D eigenvalue weighted by atomic mass is 10.2. The van der Waals surface area contributed by atoms with Crippen molar-refractivity contribution in [2.45, 2.75) is 20.4 Å². The fraction of sp³-hybridized carbons (Fsp3) is 0.211. The van der Waals surface area contributed by atoms with Crippen molar-refractivity contribution in [2.24, 2.45) is 4.99 Å². The fourth-order valence-electron chi connectivity index (χ4n) is 2.58. The third kappa shape index (κ3) is 4.58. The van der Waals surface area contributed by atoms with E-state index in [-0.39, 0.29) is 18.7 Å². The van der Waals surface area contributed by atoms with Crippen LogP contribution in [0.3, 0.4) is 0 Å². The second-order valence-electron chi connectivity index (χ2n) is 5.82. The Morgan fingerprint density at radius 3 is 2.52 bits per heavy atom. The zero-order valence-corrected chi connectivity index (χ0v) is 17.0. The molecule has 0 radical (unpaired) electrons. The first-order valence-electron chi connectivity index (χ1n) is 8.18. The lowest BCUT2D eigenvalue weighted by Crippen LogP contribution is -2.23. The lowest BCUT2D eigenvalue weighted by molar-refractivity contribution is -0.143. The van der Waals surface area contributed by atoms with E-state index in [2.05, 4.69) is 4.99 Å². The molecule has 0 saturated carbocycles. The maximum Gasteiger partial charge on any atom is 0.326 e. The van der Waals surface area contributed by atoms with Crippen LogP contribution in [-0.2, 0) is 16.1 Å². The Hall–Kier alpha value is -2.15. The minimum atomic E-state index is -0.486. The van der Waals surface area contributed by atoms with Gasteiger partial charge in [-0.15, -0.1) is 0 Å². The molecule has 0 bridgehead atoms. The Bertz CT molecular complexity index is 1080. The van der Waals surface area contributed by atoms with Gasteiger partial charge < -0.3 is 9.30 Å². The summed E-state index contributed by atoms with van der Waals surface area (Å²) >= 11 is 13.3. The van der Waals surface area contributed by atoms with E-state index < -0.39 is 11.9 Å². The van der Waals surface area contributed by atoms with Crippen molar-refractivity contribution in [3.8, 4) is 0 Å². The van der Waals surface area contributed by atoms with Crippen molar-refractivity contribution >= 4 is 56.6 Å². The minimum Gasteiger partial charge on any atom is -0.465 e. The van der Waals surface area contributed by atoms with Gasteiger partial charge in [0.25, 0.3) is 5.91 Å². The van der Waals surface area contributed by atoms with Gasteiger partial charge in [-0.05, 0) is 49.7 Å². The number of fused-ring (bicyclic) bond motifs is 1. The molecule has 0 aliphatic carbocycles. The van der Waals surface area contributed by atoms with E-state index >= 15 is 0 Å². The first-order valence-corrected chi connectivity index (χ1v) is 9.75. The number of ether oxygens (including phenoxy) is 1. The van der Waals surface area contributed by atoms with Crippen LogP contribution in [0.4, 0.5) is 0 Å². The van der Waals surface area contributed by atoms with Crippen molar-refractivity contribution < 1.29 is 14.3 Å². The average Bonchev–Trinajstić information content (AvgIpc) is 2.90. The second kappa shape index (κ2) is 8.25. The second-order valence-corrected chi connectivity index (χ2v) is 7.70. The van der Waals surface area contributed by atoms with E-state index in [0.717, 1.165) is 15.8 Å². The number of carbonyl (C=O) groups is 2. The van der Waals surface area contributed by atoms with Crippen LogP contribution in [0.1, 0.15) is 22.8 Å². The molecule has 27 heavy (non-hydrogen) atoms. The summed E-state index contributed by atoms with van der Waals surface area (Å²) in [6.45, 7) is 3.98. The fourth-order valence-corrected chi connectivity index (χ4v) is 4.24. The first kappa shape index (κ1) is 19.6. The molecule has 0 aliphatic heterocycles. The molecule has 3 aromatic rings. The number of hydrogen-bond acceptors (Lipinski definition) is 4. The quantitative estimate of drug-likeness (QED) is 0.576. The number of aryl methyl sites for hydroxylation is 1. The molecule has 8 heteroatoms. The van der Waals surface area contributed by atoms with E-state index in [9.17, 15) is 9.59 Å². The van der Waals surface area contributed by atoms with Crippen molar-refractivity contribution in [1.82, 2.24) is 4.57 Å². The van der Waals surface area contributed by atoms with Crippen molar-refractivity contribution in [3.63, 3.8) is 0 Å². The number of hydrogen-bond donors (Lipinski definition) is 0. The molecular weight excluding hydrogens is 407 g/mol. The standard InChI is InChI=1S/C19H16Cl2N2O3S/c1-3-26-17(24)10-23-15-5-4-11(2)6-16(15)27-19(23)22-18(25)12-7-13(20)9-14(21)8-12/h4-9H,3,10H2,1-2H3. The van der Waals surface area contributed by atoms with Gasteiger partial charge in [-0.2, -0.15) is 4.99 Å². The molecule has 0 fully saturated rings. The summed E-state index contributed by atoms with van der Waals surface area (Å²) in [7, 11) is 0. The normalized spacial score (nSPS) is 11.8. The van der Waals surface area contributed by atoms with Gasteiger partial charge in [-0.3, -0.25) is 9.59 Å². The highest BCUT2D eigenvalue weighted by molar-refractivity contribution is 7.16. The number of carbonyl (C=O) groups excluding carboxylic acids is 2. The van der Waals surface area contributed by atoms with Crippen LogP contribution in [0.15, 0.2) is 41.4 Å². The van der Waals surface area contributed by atoms with Crippen LogP contribution in [0, 0.1) is 6.92 Å². The molecule has 140 valence electrons. The van der Waals surface area contributed by atoms with Crippen LogP contribution in [0.2, 0.25) is 10.0 Å². The van der Waals surface area contributed by atoms with Crippen LogP contribution >= 0.6 is 34.5 Å². The van der Waals surface area contributed by atoms with Gasteiger partial charge >= 0.3 is 5.97 Å². The van der Waals surface area contributed by atoms with E-state index in [0.29, 0.717) is 14.8 Å². The minimum absolute atomic E-state index is 0.0285. The van der Waals surface area contributed by atoms with Gasteiger partial charge in [-0.1, -0.05) is 40.6 Å². The molecule has 0 N–H and O–H groups in total. The van der Waals surface area contributed by atoms with Crippen molar-refractivity contribution in [2.75, 3.05) is 6.61 Å². The summed E-state index contributed by atoms with van der Waals surface area (Å²) < 4.78 is 7.66. The number of nitrogens with zero attached hydrogens (tertiary/aromatic N) is 2. The third-order valence-electron chi connectivity index (χ3n) is 3.74. The topological polar surface area (TPSA) is 60.7 Å². The molecule has 0 saturated heterocycles. The first-order chi connectivity index (χ1) is 12.9. The highest BCUT2D eigenvalue weighted by Gasteiger charge is 2.13. The van der Waals surface area contributed by atoms with Crippen LogP contribution in [0.25, 0.3) is 10.2 Å². The van der Waals surface area contributed by atoms with Crippen LogP contribution in [0.5, 0.6) is 0 Å². The molecule has 0 aliphatic rings. The summed E-state index contributed by atoms with van der Waals surface area (Å²) in [5, 5.41) is 0.708. The zero-order valence-electron chi connectivity index (χ0n) is 14.7. The summed E-state index contributed by atoms with van der Waals surface area (Å²) in [4.78, 5) is 29.3. The largest absolute Gasteiger partial charge is 0.465 e. The average molecular weight is 423 g/mol. The zero-order chi connectivity index (χ0) is 19.6. The Labute approximate surface area is 169 Å². The highest BCUT2D eigenvalue weighted by atomic mass is 35.5.